The van der Waals surface area contributed by atoms with Gasteiger partial charge in [0, 0.05) is 16.6 Å². The Labute approximate surface area is 102 Å². The first-order chi connectivity index (χ1) is 7.04. The van der Waals surface area contributed by atoms with Gasteiger partial charge in [-0.15, -0.1) is 0 Å². The molecule has 0 bridgehead atoms. The highest BCUT2D eigenvalue weighted by Gasteiger charge is 2.10. The summed E-state index contributed by atoms with van der Waals surface area (Å²) in [5.74, 6) is -0.218. The Bertz CT molecular complexity index is 409. The maximum absolute atomic E-state index is 11.0. The normalized spacial score (nSPS) is 9.73. The zero-order valence-corrected chi connectivity index (χ0v) is 10.5. The molecule has 0 atom stereocenters. The molecule has 0 spiro atoms. The lowest BCUT2D eigenvalue weighted by atomic mass is 10.3. The molecule has 0 fully saturated rings. The van der Waals surface area contributed by atoms with Gasteiger partial charge in [0.25, 0.3) is 5.69 Å². The van der Waals surface area contributed by atoms with Crippen LogP contribution in [0.25, 0.3) is 0 Å². The molecule has 1 aromatic rings. The van der Waals surface area contributed by atoms with Crippen LogP contribution in [0, 0.1) is 10.1 Å². The lowest BCUT2D eigenvalue weighted by molar-refractivity contribution is -0.384. The molecule has 1 rings (SSSR count). The quantitative estimate of drug-likeness (QED) is 0.523. The van der Waals surface area contributed by atoms with Crippen molar-refractivity contribution in [2.75, 3.05) is 10.6 Å². The average molecular weight is 338 g/mol. The summed E-state index contributed by atoms with van der Waals surface area (Å²) in [5, 5.41) is 13.2. The van der Waals surface area contributed by atoms with Crippen LogP contribution in [0.1, 0.15) is 0 Å². The molecule has 0 saturated heterocycles. The minimum absolute atomic E-state index is 0.0290. The molecule has 5 nitrogen and oxygen atoms in total. The number of nitro groups is 1. The summed E-state index contributed by atoms with van der Waals surface area (Å²) in [6.45, 7) is 0. The lowest BCUT2D eigenvalue weighted by Gasteiger charge is -2.04. The van der Waals surface area contributed by atoms with Gasteiger partial charge in [0.05, 0.1) is 15.9 Å². The van der Waals surface area contributed by atoms with Crippen molar-refractivity contribution in [1.29, 1.82) is 0 Å². The number of hydrogen-bond acceptors (Lipinski definition) is 3. The Morgan fingerprint density at radius 3 is 2.67 bits per heavy atom. The molecule has 0 heterocycles. The molecule has 0 unspecified atom stereocenters. The van der Waals surface area contributed by atoms with Crippen molar-refractivity contribution in [2.45, 2.75) is 0 Å². The molecule has 0 aromatic heterocycles. The summed E-state index contributed by atoms with van der Waals surface area (Å²) in [6, 6.07) is 4.14. The number of anilines is 1. The van der Waals surface area contributed by atoms with Crippen molar-refractivity contribution >= 4 is 49.1 Å². The third-order valence-corrected chi connectivity index (χ3v) is 2.72. The van der Waals surface area contributed by atoms with Crippen molar-refractivity contribution in [1.82, 2.24) is 0 Å². The van der Waals surface area contributed by atoms with E-state index in [4.69, 9.17) is 0 Å². The Morgan fingerprint density at radius 2 is 2.20 bits per heavy atom. The zero-order valence-electron chi connectivity index (χ0n) is 7.37. The number of rotatable bonds is 3. The van der Waals surface area contributed by atoms with E-state index in [0.717, 1.165) is 0 Å². The van der Waals surface area contributed by atoms with Crippen molar-refractivity contribution in [3.63, 3.8) is 0 Å². The molecule has 7 heteroatoms. The first-order valence-corrected chi connectivity index (χ1v) is 5.76. The number of alkyl halides is 1. The highest BCUT2D eigenvalue weighted by atomic mass is 79.9. The SMILES string of the molecule is O=C(CBr)Nc1ccc([N+](=O)[O-])cc1Br. The summed E-state index contributed by atoms with van der Waals surface area (Å²) in [6.07, 6.45) is 0. The summed E-state index contributed by atoms with van der Waals surface area (Å²) in [4.78, 5) is 21.0. The Balaban J connectivity index is 2.93. The number of nitrogens with zero attached hydrogens (tertiary/aromatic N) is 1. The van der Waals surface area contributed by atoms with Crippen molar-refractivity contribution < 1.29 is 9.72 Å². The molecular weight excluding hydrogens is 332 g/mol. The zero-order chi connectivity index (χ0) is 11.4. The molecule has 15 heavy (non-hydrogen) atoms. The smallest absolute Gasteiger partial charge is 0.270 e. The van der Waals surface area contributed by atoms with Crippen LogP contribution in [0.3, 0.4) is 0 Å². The van der Waals surface area contributed by atoms with E-state index in [9.17, 15) is 14.9 Å². The van der Waals surface area contributed by atoms with Crippen LogP contribution in [0.4, 0.5) is 11.4 Å². The summed E-state index contributed by atoms with van der Waals surface area (Å²) in [7, 11) is 0. The molecular formula is C8H6Br2N2O3. The van der Waals surface area contributed by atoms with Gasteiger partial charge in [0.15, 0.2) is 0 Å². The van der Waals surface area contributed by atoms with E-state index in [1.807, 2.05) is 0 Å². The van der Waals surface area contributed by atoms with Gasteiger partial charge in [-0.1, -0.05) is 15.9 Å². The van der Waals surface area contributed by atoms with Crippen molar-refractivity contribution in [3.05, 3.63) is 32.8 Å². The molecule has 0 aliphatic heterocycles. The molecule has 0 saturated carbocycles. The van der Waals surface area contributed by atoms with Crippen LogP contribution in [0.5, 0.6) is 0 Å². The number of halogens is 2. The fourth-order valence-corrected chi connectivity index (χ4v) is 1.51. The van der Waals surface area contributed by atoms with Crippen molar-refractivity contribution in [2.24, 2.45) is 0 Å². The van der Waals surface area contributed by atoms with E-state index in [1.54, 1.807) is 0 Å². The van der Waals surface area contributed by atoms with Crippen LogP contribution in [0.15, 0.2) is 22.7 Å². The standard InChI is InChI=1S/C8H6Br2N2O3/c9-4-8(13)11-7-2-1-5(12(14)15)3-6(7)10/h1-3H,4H2,(H,11,13). The minimum Gasteiger partial charge on any atom is -0.324 e. The number of carbonyl (C=O) groups excluding carboxylic acids is 1. The Kier molecular flexibility index (Phi) is 4.22. The number of amides is 1. The van der Waals surface area contributed by atoms with Gasteiger partial charge < -0.3 is 5.32 Å². The summed E-state index contributed by atoms with van der Waals surface area (Å²) >= 11 is 6.14. The van der Waals surface area contributed by atoms with E-state index in [2.05, 4.69) is 37.2 Å². The second kappa shape index (κ2) is 5.22. The maximum atomic E-state index is 11.0. The van der Waals surface area contributed by atoms with Crippen LogP contribution >= 0.6 is 31.9 Å². The number of carbonyl (C=O) groups is 1. The van der Waals surface area contributed by atoms with Gasteiger partial charge in [-0.05, 0) is 22.0 Å². The van der Waals surface area contributed by atoms with Gasteiger partial charge in [0.1, 0.15) is 0 Å². The Hall–Kier alpha value is -0.950. The summed E-state index contributed by atoms with van der Waals surface area (Å²) in [5.41, 5.74) is 0.476. The third kappa shape index (κ3) is 3.28. The van der Waals surface area contributed by atoms with E-state index >= 15 is 0 Å². The van der Waals surface area contributed by atoms with Crippen molar-refractivity contribution in [3.8, 4) is 0 Å². The molecule has 0 radical (unpaired) electrons. The minimum atomic E-state index is -0.499. The first-order valence-electron chi connectivity index (χ1n) is 3.84. The third-order valence-electron chi connectivity index (χ3n) is 1.56. The van der Waals surface area contributed by atoms with E-state index in [1.165, 1.54) is 18.2 Å². The molecule has 80 valence electrons. The molecule has 1 N–H and O–H groups in total. The first kappa shape index (κ1) is 12.1. The predicted octanol–water partition coefficient (Wildman–Crippen LogP) is 2.69. The van der Waals surface area contributed by atoms with Gasteiger partial charge >= 0.3 is 0 Å². The monoisotopic (exact) mass is 336 g/mol. The van der Waals surface area contributed by atoms with Crippen LogP contribution < -0.4 is 5.32 Å². The van der Waals surface area contributed by atoms with E-state index in [0.29, 0.717) is 10.2 Å². The fourth-order valence-electron chi connectivity index (χ4n) is 0.903. The highest BCUT2D eigenvalue weighted by Crippen LogP contribution is 2.26. The molecule has 1 aromatic carbocycles. The van der Waals surface area contributed by atoms with E-state index in [-0.39, 0.29) is 16.9 Å². The number of non-ortho nitro benzene ring substituents is 1. The van der Waals surface area contributed by atoms with Gasteiger partial charge in [0.2, 0.25) is 5.91 Å². The topological polar surface area (TPSA) is 72.2 Å². The molecule has 0 aliphatic carbocycles. The second-order valence-corrected chi connectivity index (χ2v) is 4.02. The number of hydrogen-bond donors (Lipinski definition) is 1. The fraction of sp³-hybridized carbons (Fsp3) is 0.125. The average Bonchev–Trinajstić information content (AvgIpc) is 2.20. The lowest BCUT2D eigenvalue weighted by Crippen LogP contribution is -2.12. The summed E-state index contributed by atoms with van der Waals surface area (Å²) < 4.78 is 0.478. The van der Waals surface area contributed by atoms with Crippen LogP contribution in [-0.4, -0.2) is 16.2 Å². The van der Waals surface area contributed by atoms with Gasteiger partial charge in [-0.2, -0.15) is 0 Å². The van der Waals surface area contributed by atoms with Crippen LogP contribution in [-0.2, 0) is 4.79 Å². The van der Waals surface area contributed by atoms with Gasteiger partial charge in [-0.3, -0.25) is 14.9 Å². The van der Waals surface area contributed by atoms with E-state index < -0.39 is 4.92 Å². The highest BCUT2D eigenvalue weighted by molar-refractivity contribution is 9.10. The van der Waals surface area contributed by atoms with Crippen LogP contribution in [0.2, 0.25) is 0 Å². The maximum Gasteiger partial charge on any atom is 0.270 e. The largest absolute Gasteiger partial charge is 0.324 e. The Morgan fingerprint density at radius 1 is 1.53 bits per heavy atom. The second-order valence-electron chi connectivity index (χ2n) is 2.60. The number of benzene rings is 1. The molecule has 0 aliphatic rings. The predicted molar refractivity (Wildman–Crippen MR) is 63.2 cm³/mol. The molecule has 1 amide bonds. The number of nitro benzene ring substituents is 1. The van der Waals surface area contributed by atoms with Gasteiger partial charge in [-0.25, -0.2) is 0 Å². The number of nitrogens with one attached hydrogen (secondary N) is 1.